The van der Waals surface area contributed by atoms with E-state index >= 15 is 0 Å². The molecule has 0 amide bonds. The van der Waals surface area contributed by atoms with Crippen LogP contribution in [-0.2, 0) is 0 Å². The van der Waals surface area contributed by atoms with Crippen molar-refractivity contribution in [1.82, 2.24) is 15.0 Å². The summed E-state index contributed by atoms with van der Waals surface area (Å²) >= 11 is 0.921. The molecule has 0 radical (unpaired) electrons. The maximum Gasteiger partial charge on any atom is 0.228 e. The quantitative estimate of drug-likeness (QED) is 0.612. The summed E-state index contributed by atoms with van der Waals surface area (Å²) in [6, 6.07) is 0.452. The number of hydrogen-bond donors (Lipinski definition) is 2. The second-order valence-electron chi connectivity index (χ2n) is 4.06. The van der Waals surface area contributed by atoms with Crippen molar-refractivity contribution in [2.24, 2.45) is 0 Å². The van der Waals surface area contributed by atoms with Crippen LogP contribution in [0.5, 0.6) is 0 Å². The lowest BCUT2D eigenvalue weighted by Crippen LogP contribution is -2.17. The molecule has 6 nitrogen and oxygen atoms in total. The lowest BCUT2D eigenvalue weighted by atomic mass is 10.4. The second kappa shape index (κ2) is 6.25. The number of hydrogen-bond acceptors (Lipinski definition) is 7. The summed E-state index contributed by atoms with van der Waals surface area (Å²) in [7, 11) is 0. The van der Waals surface area contributed by atoms with Gasteiger partial charge >= 0.3 is 0 Å². The smallest absolute Gasteiger partial charge is 0.228 e. The van der Waals surface area contributed by atoms with Crippen molar-refractivity contribution in [3.63, 3.8) is 0 Å². The first-order valence-electron chi connectivity index (χ1n) is 5.36. The topological polar surface area (TPSA) is 86.5 Å². The number of nitrogens with zero attached hydrogens (tertiary/aromatic N) is 4. The van der Waals surface area contributed by atoms with Gasteiger partial charge < -0.3 is 10.6 Å². The molecule has 1 aromatic heterocycles. The second-order valence-corrected chi connectivity index (χ2v) is 4.81. The molecule has 1 rings (SSSR count). The summed E-state index contributed by atoms with van der Waals surface area (Å²) < 4.78 is 0. The number of nitriles is 1. The van der Waals surface area contributed by atoms with Gasteiger partial charge in [-0.2, -0.15) is 20.2 Å². The van der Waals surface area contributed by atoms with Crippen LogP contribution in [-0.4, -0.2) is 27.0 Å². The highest BCUT2D eigenvalue weighted by molar-refractivity contribution is 8.03. The van der Waals surface area contributed by atoms with E-state index in [-0.39, 0.29) is 12.1 Å². The molecule has 0 spiro atoms. The van der Waals surface area contributed by atoms with E-state index in [1.54, 1.807) is 0 Å². The zero-order chi connectivity index (χ0) is 12.8. The lowest BCUT2D eigenvalue weighted by molar-refractivity contribution is 0.813. The van der Waals surface area contributed by atoms with E-state index in [4.69, 9.17) is 5.26 Å². The molecule has 0 aromatic carbocycles. The fourth-order valence-electron chi connectivity index (χ4n) is 1.09. The van der Waals surface area contributed by atoms with Gasteiger partial charge in [0.1, 0.15) is 5.40 Å². The fourth-order valence-corrected chi connectivity index (χ4v) is 1.43. The summed E-state index contributed by atoms with van der Waals surface area (Å²) in [4.78, 5) is 12.5. The average molecular weight is 252 g/mol. The third-order valence-electron chi connectivity index (χ3n) is 1.59. The molecule has 1 aromatic rings. The highest BCUT2D eigenvalue weighted by atomic mass is 32.2. The van der Waals surface area contributed by atoms with Crippen LogP contribution in [0.2, 0.25) is 0 Å². The summed E-state index contributed by atoms with van der Waals surface area (Å²) in [6.07, 6.45) is 0. The van der Waals surface area contributed by atoms with Crippen LogP contribution in [0.25, 0.3) is 0 Å². The number of thiocyanates is 1. The van der Waals surface area contributed by atoms with Gasteiger partial charge in [-0.3, -0.25) is 0 Å². The Hall–Kier alpha value is -1.55. The molecule has 0 fully saturated rings. The Labute approximate surface area is 105 Å². The van der Waals surface area contributed by atoms with Gasteiger partial charge in [0, 0.05) is 23.8 Å². The zero-order valence-corrected chi connectivity index (χ0v) is 11.2. The largest absolute Gasteiger partial charge is 0.352 e. The van der Waals surface area contributed by atoms with Gasteiger partial charge in [-0.05, 0) is 27.7 Å². The number of rotatable bonds is 5. The van der Waals surface area contributed by atoms with Crippen molar-refractivity contribution in [2.45, 2.75) is 44.9 Å². The molecule has 92 valence electrons. The molecule has 0 aliphatic carbocycles. The van der Waals surface area contributed by atoms with E-state index in [9.17, 15) is 0 Å². The minimum absolute atomic E-state index is 0.226. The predicted octanol–water partition coefficient (Wildman–Crippen LogP) is 2.09. The van der Waals surface area contributed by atoms with Gasteiger partial charge in [-0.1, -0.05) is 0 Å². The molecule has 0 saturated carbocycles. The highest BCUT2D eigenvalue weighted by Gasteiger charge is 2.08. The van der Waals surface area contributed by atoms with Gasteiger partial charge in [0.15, 0.2) is 0 Å². The van der Waals surface area contributed by atoms with Crippen molar-refractivity contribution in [3.8, 4) is 5.40 Å². The summed E-state index contributed by atoms with van der Waals surface area (Å²) in [6.45, 7) is 7.99. The first-order chi connectivity index (χ1) is 8.01. The van der Waals surface area contributed by atoms with Crippen molar-refractivity contribution in [1.29, 1.82) is 5.26 Å². The number of anilines is 2. The third kappa shape index (κ3) is 4.87. The first kappa shape index (κ1) is 13.5. The van der Waals surface area contributed by atoms with Crippen LogP contribution in [0.1, 0.15) is 27.7 Å². The Kier molecular flexibility index (Phi) is 4.97. The van der Waals surface area contributed by atoms with Gasteiger partial charge in [-0.15, -0.1) is 0 Å². The fraction of sp³-hybridized carbons (Fsp3) is 0.600. The molecular formula is C10H16N6S. The molecule has 0 atom stereocenters. The number of thioether (sulfide) groups is 1. The SMILES string of the molecule is CC(C)Nc1nc(NC(C)C)nc(SC#N)n1. The molecular weight excluding hydrogens is 236 g/mol. The van der Waals surface area contributed by atoms with E-state index in [1.165, 1.54) is 0 Å². The van der Waals surface area contributed by atoms with Crippen LogP contribution < -0.4 is 10.6 Å². The maximum atomic E-state index is 8.64. The van der Waals surface area contributed by atoms with Crippen molar-refractivity contribution < 1.29 is 0 Å². The van der Waals surface area contributed by atoms with Crippen LogP contribution in [0, 0.1) is 10.7 Å². The van der Waals surface area contributed by atoms with Crippen molar-refractivity contribution in [2.75, 3.05) is 10.6 Å². The molecule has 17 heavy (non-hydrogen) atoms. The maximum absolute atomic E-state index is 8.64. The monoisotopic (exact) mass is 252 g/mol. The lowest BCUT2D eigenvalue weighted by Gasteiger charge is -2.12. The molecule has 0 bridgehead atoms. The van der Waals surface area contributed by atoms with Gasteiger partial charge in [0.25, 0.3) is 0 Å². The summed E-state index contributed by atoms with van der Waals surface area (Å²) in [5, 5.41) is 17.2. The highest BCUT2D eigenvalue weighted by Crippen LogP contribution is 2.15. The van der Waals surface area contributed by atoms with Crippen LogP contribution in [0.3, 0.4) is 0 Å². The molecule has 0 aliphatic rings. The molecule has 7 heteroatoms. The van der Waals surface area contributed by atoms with E-state index in [0.29, 0.717) is 17.1 Å². The predicted molar refractivity (Wildman–Crippen MR) is 68.8 cm³/mol. The van der Waals surface area contributed by atoms with Crippen LogP contribution in [0.4, 0.5) is 11.9 Å². The van der Waals surface area contributed by atoms with Gasteiger partial charge in [0.2, 0.25) is 17.1 Å². The number of aromatic nitrogens is 3. The Morgan fingerprint density at radius 1 is 1.00 bits per heavy atom. The molecule has 2 N–H and O–H groups in total. The zero-order valence-electron chi connectivity index (χ0n) is 10.4. The van der Waals surface area contributed by atoms with Gasteiger partial charge in [-0.25, -0.2) is 0 Å². The third-order valence-corrected chi connectivity index (χ3v) is 2.04. The summed E-state index contributed by atoms with van der Waals surface area (Å²) in [5.74, 6) is 0.965. The standard InChI is InChI=1S/C10H16N6S/c1-6(2)12-8-14-9(13-7(3)4)16-10(15-8)17-5-11/h6-7H,1-4H3,(H2,12,13,14,15,16). The minimum atomic E-state index is 0.226. The van der Waals surface area contributed by atoms with E-state index in [0.717, 1.165) is 11.8 Å². The number of nitrogens with one attached hydrogen (secondary N) is 2. The van der Waals surface area contributed by atoms with Crippen LogP contribution in [0.15, 0.2) is 5.16 Å². The normalized spacial score (nSPS) is 10.4. The van der Waals surface area contributed by atoms with Crippen molar-refractivity contribution >= 4 is 23.7 Å². The van der Waals surface area contributed by atoms with Crippen molar-refractivity contribution in [3.05, 3.63) is 0 Å². The molecule has 0 saturated heterocycles. The molecule has 0 aliphatic heterocycles. The average Bonchev–Trinajstić information content (AvgIpc) is 2.14. The van der Waals surface area contributed by atoms with Gasteiger partial charge in [0.05, 0.1) is 0 Å². The van der Waals surface area contributed by atoms with E-state index < -0.39 is 0 Å². The van der Waals surface area contributed by atoms with E-state index in [2.05, 4.69) is 25.6 Å². The Morgan fingerprint density at radius 2 is 1.47 bits per heavy atom. The Morgan fingerprint density at radius 3 is 1.82 bits per heavy atom. The Bertz CT molecular complexity index is 383. The summed E-state index contributed by atoms with van der Waals surface area (Å²) in [5.41, 5.74) is 0. The minimum Gasteiger partial charge on any atom is -0.352 e. The first-order valence-corrected chi connectivity index (χ1v) is 6.18. The molecule has 1 heterocycles. The van der Waals surface area contributed by atoms with Crippen LogP contribution >= 0.6 is 11.8 Å². The molecule has 0 unspecified atom stereocenters. The van der Waals surface area contributed by atoms with E-state index in [1.807, 2.05) is 33.1 Å². The Balaban J connectivity index is 2.96.